The highest BCUT2D eigenvalue weighted by molar-refractivity contribution is 5.87. The van der Waals surface area contributed by atoms with Gasteiger partial charge in [0.15, 0.2) is 18.1 Å². The zero-order valence-corrected chi connectivity index (χ0v) is 18.7. The second-order valence-electron chi connectivity index (χ2n) is 8.69. The van der Waals surface area contributed by atoms with Crippen LogP contribution in [0.25, 0.3) is 11.0 Å². The van der Waals surface area contributed by atoms with Gasteiger partial charge >= 0.3 is 0 Å². The average molecular weight is 422 g/mol. The molecule has 1 fully saturated rings. The SMILES string of the molecule is Cc1cccc(C)c1OCC(=O)N1CCC[C@H](c2ccc3c(NC(C)C)n[nH]c3n2)C1. The number of aryl methyl sites for hydroxylation is 2. The summed E-state index contributed by atoms with van der Waals surface area (Å²) >= 11 is 0. The standard InChI is InChI=1S/C24H31N5O2/c1-15(2)25-23-19-10-11-20(26-24(19)28-27-23)18-9-6-12-29(13-18)21(30)14-31-22-16(3)7-5-8-17(22)4/h5,7-8,10-11,15,18H,6,9,12-14H2,1-4H3,(H2,25,26,27,28)/t18-/m0/s1. The Morgan fingerprint density at radius 3 is 2.77 bits per heavy atom. The number of rotatable bonds is 6. The highest BCUT2D eigenvalue weighted by Gasteiger charge is 2.26. The summed E-state index contributed by atoms with van der Waals surface area (Å²) < 4.78 is 5.89. The van der Waals surface area contributed by atoms with E-state index in [1.165, 1.54) is 0 Å². The van der Waals surface area contributed by atoms with Gasteiger partial charge in [-0.25, -0.2) is 4.98 Å². The third kappa shape index (κ3) is 4.65. The molecule has 7 heteroatoms. The number of likely N-dealkylation sites (tertiary alicyclic amines) is 1. The van der Waals surface area contributed by atoms with Gasteiger partial charge < -0.3 is 15.0 Å². The van der Waals surface area contributed by atoms with Crippen molar-refractivity contribution in [2.75, 3.05) is 25.0 Å². The van der Waals surface area contributed by atoms with Crippen LogP contribution in [0.1, 0.15) is 49.4 Å². The molecule has 2 aromatic heterocycles. The number of nitrogens with one attached hydrogen (secondary N) is 2. The van der Waals surface area contributed by atoms with E-state index in [2.05, 4.69) is 41.5 Å². The van der Waals surface area contributed by atoms with Crippen LogP contribution < -0.4 is 10.1 Å². The maximum atomic E-state index is 12.8. The summed E-state index contributed by atoms with van der Waals surface area (Å²) in [5, 5.41) is 11.7. The Morgan fingerprint density at radius 1 is 1.26 bits per heavy atom. The predicted molar refractivity (Wildman–Crippen MR) is 123 cm³/mol. The summed E-state index contributed by atoms with van der Waals surface area (Å²) in [6.45, 7) is 9.67. The molecule has 4 rings (SSSR count). The van der Waals surface area contributed by atoms with Crippen molar-refractivity contribution in [1.82, 2.24) is 20.1 Å². The summed E-state index contributed by atoms with van der Waals surface area (Å²) in [7, 11) is 0. The van der Waals surface area contributed by atoms with Gasteiger partial charge in [0.05, 0.1) is 5.39 Å². The first-order valence-corrected chi connectivity index (χ1v) is 11.0. The van der Waals surface area contributed by atoms with E-state index in [1.807, 2.05) is 36.9 Å². The number of hydrogen-bond acceptors (Lipinski definition) is 5. The summed E-state index contributed by atoms with van der Waals surface area (Å²) in [4.78, 5) is 19.6. The van der Waals surface area contributed by atoms with Crippen LogP contribution in [-0.2, 0) is 4.79 Å². The maximum absolute atomic E-state index is 12.8. The molecule has 0 unspecified atom stereocenters. The highest BCUT2D eigenvalue weighted by atomic mass is 16.5. The third-order valence-corrected chi connectivity index (χ3v) is 5.81. The third-order valence-electron chi connectivity index (χ3n) is 5.81. The summed E-state index contributed by atoms with van der Waals surface area (Å²) in [5.41, 5.74) is 3.88. The van der Waals surface area contributed by atoms with E-state index >= 15 is 0 Å². The number of aromatic nitrogens is 3. The molecule has 1 atom stereocenters. The number of benzene rings is 1. The van der Waals surface area contributed by atoms with Crippen LogP contribution >= 0.6 is 0 Å². The molecule has 2 N–H and O–H groups in total. The summed E-state index contributed by atoms with van der Waals surface area (Å²) in [6, 6.07) is 10.4. The zero-order valence-electron chi connectivity index (χ0n) is 18.7. The minimum absolute atomic E-state index is 0.0263. The molecule has 164 valence electrons. The van der Waals surface area contributed by atoms with Crippen LogP contribution in [0.15, 0.2) is 30.3 Å². The number of anilines is 1. The quantitative estimate of drug-likeness (QED) is 0.624. The highest BCUT2D eigenvalue weighted by Crippen LogP contribution is 2.29. The number of nitrogens with zero attached hydrogens (tertiary/aromatic N) is 3. The maximum Gasteiger partial charge on any atom is 0.260 e. The van der Waals surface area contributed by atoms with Crippen molar-refractivity contribution in [3.63, 3.8) is 0 Å². The molecule has 1 amide bonds. The fourth-order valence-electron chi connectivity index (χ4n) is 4.23. The minimum atomic E-state index is 0.0263. The number of carbonyl (C=O) groups is 1. The molecule has 7 nitrogen and oxygen atoms in total. The van der Waals surface area contributed by atoms with E-state index in [0.29, 0.717) is 12.6 Å². The van der Waals surface area contributed by atoms with Crippen molar-refractivity contribution < 1.29 is 9.53 Å². The van der Waals surface area contributed by atoms with Crippen LogP contribution in [0.3, 0.4) is 0 Å². The monoisotopic (exact) mass is 421 g/mol. The molecule has 1 aliphatic heterocycles. The topological polar surface area (TPSA) is 83.1 Å². The first-order chi connectivity index (χ1) is 14.9. The number of piperidine rings is 1. The Balaban J connectivity index is 1.42. The van der Waals surface area contributed by atoms with E-state index in [0.717, 1.165) is 58.8 Å². The van der Waals surface area contributed by atoms with Crippen LogP contribution in [0.5, 0.6) is 5.75 Å². The van der Waals surface area contributed by atoms with Crippen molar-refractivity contribution in [1.29, 1.82) is 0 Å². The van der Waals surface area contributed by atoms with E-state index < -0.39 is 0 Å². The molecule has 31 heavy (non-hydrogen) atoms. The molecule has 0 aliphatic carbocycles. The number of amides is 1. The number of pyridine rings is 1. The van der Waals surface area contributed by atoms with Crippen LogP contribution in [0.4, 0.5) is 5.82 Å². The van der Waals surface area contributed by atoms with Gasteiger partial charge in [-0.1, -0.05) is 18.2 Å². The van der Waals surface area contributed by atoms with Crippen molar-refractivity contribution >= 4 is 22.8 Å². The summed E-state index contributed by atoms with van der Waals surface area (Å²) in [5.74, 6) is 1.88. The molecule has 0 spiro atoms. The van der Waals surface area contributed by atoms with Crippen LogP contribution in [0.2, 0.25) is 0 Å². The van der Waals surface area contributed by atoms with Gasteiger partial charge in [0.1, 0.15) is 5.75 Å². The molecule has 3 aromatic rings. The predicted octanol–water partition coefficient (Wildman–Crippen LogP) is 4.18. The van der Waals surface area contributed by atoms with Gasteiger partial charge in [0, 0.05) is 30.7 Å². The lowest BCUT2D eigenvalue weighted by molar-refractivity contribution is -0.134. The second kappa shape index (κ2) is 8.96. The smallest absolute Gasteiger partial charge is 0.260 e. The van der Waals surface area contributed by atoms with Crippen molar-refractivity contribution in [3.8, 4) is 5.75 Å². The van der Waals surface area contributed by atoms with Gasteiger partial charge in [0.25, 0.3) is 5.91 Å². The van der Waals surface area contributed by atoms with Crippen molar-refractivity contribution in [3.05, 3.63) is 47.2 Å². The zero-order chi connectivity index (χ0) is 22.0. The molecule has 1 aromatic carbocycles. The number of H-pyrrole nitrogens is 1. The Kier molecular flexibility index (Phi) is 6.11. The Morgan fingerprint density at radius 2 is 2.03 bits per heavy atom. The first-order valence-electron chi connectivity index (χ1n) is 11.0. The normalized spacial score (nSPS) is 16.7. The summed E-state index contributed by atoms with van der Waals surface area (Å²) in [6.07, 6.45) is 1.98. The molecule has 3 heterocycles. The molecule has 1 saturated heterocycles. The first kappa shape index (κ1) is 21.2. The molecule has 0 saturated carbocycles. The van der Waals surface area contributed by atoms with E-state index in [1.54, 1.807) is 0 Å². The lowest BCUT2D eigenvalue weighted by Crippen LogP contribution is -2.41. The fraction of sp³-hybridized carbons (Fsp3) is 0.458. The van der Waals surface area contributed by atoms with Gasteiger partial charge in [-0.2, -0.15) is 5.10 Å². The lowest BCUT2D eigenvalue weighted by atomic mass is 9.94. The van der Waals surface area contributed by atoms with Gasteiger partial charge in [0.2, 0.25) is 0 Å². The largest absolute Gasteiger partial charge is 0.483 e. The second-order valence-corrected chi connectivity index (χ2v) is 8.69. The molecule has 0 bridgehead atoms. The molecular weight excluding hydrogens is 390 g/mol. The molecule has 1 aliphatic rings. The van der Waals surface area contributed by atoms with E-state index in [4.69, 9.17) is 9.72 Å². The lowest BCUT2D eigenvalue weighted by Gasteiger charge is -2.32. The van der Waals surface area contributed by atoms with E-state index in [9.17, 15) is 4.79 Å². The Bertz CT molecular complexity index is 1050. The number of para-hydroxylation sites is 1. The number of aromatic amines is 1. The van der Waals surface area contributed by atoms with Crippen molar-refractivity contribution in [2.45, 2.75) is 52.5 Å². The molecule has 0 radical (unpaired) electrons. The van der Waals surface area contributed by atoms with Gasteiger partial charge in [-0.05, 0) is 63.8 Å². The number of fused-ring (bicyclic) bond motifs is 1. The van der Waals surface area contributed by atoms with E-state index in [-0.39, 0.29) is 18.4 Å². The van der Waals surface area contributed by atoms with Gasteiger partial charge in [-0.3, -0.25) is 9.89 Å². The number of hydrogen-bond donors (Lipinski definition) is 2. The number of carbonyl (C=O) groups excluding carboxylic acids is 1. The Hall–Kier alpha value is -3.09. The molecular formula is C24H31N5O2. The van der Waals surface area contributed by atoms with Crippen LogP contribution in [0, 0.1) is 13.8 Å². The Labute approximate surface area is 183 Å². The van der Waals surface area contributed by atoms with Crippen molar-refractivity contribution in [2.24, 2.45) is 0 Å². The average Bonchev–Trinajstić information content (AvgIpc) is 3.14. The van der Waals surface area contributed by atoms with Gasteiger partial charge in [-0.15, -0.1) is 0 Å². The fourth-order valence-corrected chi connectivity index (χ4v) is 4.23. The minimum Gasteiger partial charge on any atom is -0.483 e. The number of ether oxygens (including phenoxy) is 1. The van der Waals surface area contributed by atoms with Crippen LogP contribution in [-0.4, -0.2) is 51.7 Å².